The number of halogens is 4. The topological polar surface area (TPSA) is 122 Å². The second-order valence-corrected chi connectivity index (χ2v) is 8.59. The molecule has 3 rings (SSSR count). The molecule has 1 unspecified atom stereocenters. The molecular weight excluding hydrogens is 446 g/mol. The van der Waals surface area contributed by atoms with Crippen molar-refractivity contribution < 1.29 is 35.8 Å². The van der Waals surface area contributed by atoms with Crippen LogP contribution in [0.25, 0.3) is 10.9 Å². The number of benzene rings is 1. The van der Waals surface area contributed by atoms with Crippen LogP contribution in [0.1, 0.15) is 12.8 Å². The second-order valence-electron chi connectivity index (χ2n) is 7.09. The lowest BCUT2D eigenvalue weighted by Crippen LogP contribution is -2.53. The van der Waals surface area contributed by atoms with Gasteiger partial charge in [0.1, 0.15) is 12.1 Å². The summed E-state index contributed by atoms with van der Waals surface area (Å²) >= 11 is 0. The Morgan fingerprint density at radius 2 is 1.97 bits per heavy atom. The predicted octanol–water partition coefficient (Wildman–Crippen LogP) is 1.18. The number of nitrogens with zero attached hydrogens (tertiary/aromatic N) is 4. The molecule has 0 bridgehead atoms. The van der Waals surface area contributed by atoms with Crippen LogP contribution in [0.4, 0.5) is 23.4 Å². The first kappa shape index (κ1) is 23.4. The van der Waals surface area contributed by atoms with E-state index in [-0.39, 0.29) is 31.7 Å². The van der Waals surface area contributed by atoms with Crippen molar-refractivity contribution >= 4 is 26.9 Å². The van der Waals surface area contributed by atoms with Gasteiger partial charge >= 0.3 is 6.18 Å². The van der Waals surface area contributed by atoms with Crippen LogP contribution in [0.15, 0.2) is 18.5 Å². The van der Waals surface area contributed by atoms with Crippen molar-refractivity contribution in [1.29, 1.82) is 0 Å². The molecule has 1 atom stereocenters. The lowest BCUT2D eigenvalue weighted by molar-refractivity contribution is -0.206. The SMILES string of the molecule is COc1cc2ncnc(N3CCC(N(CC(O)C(F)(F)F)S(N)(=O)=O)CC3)c2cc1F. The van der Waals surface area contributed by atoms with Crippen molar-refractivity contribution in [2.75, 3.05) is 31.6 Å². The van der Waals surface area contributed by atoms with Crippen molar-refractivity contribution in [2.24, 2.45) is 5.14 Å². The quantitative estimate of drug-likeness (QED) is 0.612. The number of nitrogens with two attached hydrogens (primary N) is 1. The van der Waals surface area contributed by atoms with Gasteiger partial charge in [-0.1, -0.05) is 0 Å². The van der Waals surface area contributed by atoms with Gasteiger partial charge in [0.15, 0.2) is 17.7 Å². The van der Waals surface area contributed by atoms with Crippen LogP contribution in [0.2, 0.25) is 0 Å². The zero-order valence-electron chi connectivity index (χ0n) is 16.4. The fourth-order valence-corrected chi connectivity index (χ4v) is 4.53. The Morgan fingerprint density at radius 3 is 2.52 bits per heavy atom. The number of aliphatic hydroxyl groups excluding tert-OH is 1. The molecule has 14 heteroatoms. The van der Waals surface area contributed by atoms with Gasteiger partial charge in [-0.15, -0.1) is 0 Å². The molecule has 31 heavy (non-hydrogen) atoms. The van der Waals surface area contributed by atoms with Crippen LogP contribution in [0.5, 0.6) is 5.75 Å². The fourth-order valence-electron chi connectivity index (χ4n) is 3.55. The van der Waals surface area contributed by atoms with Crippen LogP contribution < -0.4 is 14.8 Å². The first-order chi connectivity index (χ1) is 14.4. The number of ether oxygens (including phenoxy) is 1. The van der Waals surface area contributed by atoms with Gasteiger partial charge in [0.25, 0.3) is 10.2 Å². The maximum absolute atomic E-state index is 14.2. The minimum Gasteiger partial charge on any atom is -0.494 e. The molecule has 2 aromatic rings. The summed E-state index contributed by atoms with van der Waals surface area (Å²) < 4.78 is 81.4. The van der Waals surface area contributed by atoms with Gasteiger partial charge in [0.2, 0.25) is 0 Å². The van der Waals surface area contributed by atoms with E-state index >= 15 is 0 Å². The Kier molecular flexibility index (Phi) is 6.55. The molecule has 9 nitrogen and oxygen atoms in total. The largest absolute Gasteiger partial charge is 0.494 e. The number of fused-ring (bicyclic) bond motifs is 1. The summed E-state index contributed by atoms with van der Waals surface area (Å²) in [6.07, 6.45) is -6.28. The molecule has 0 aliphatic carbocycles. The third kappa shape index (κ3) is 5.14. The number of anilines is 1. The smallest absolute Gasteiger partial charge is 0.415 e. The summed E-state index contributed by atoms with van der Waals surface area (Å²) in [5.41, 5.74) is 0.435. The van der Waals surface area contributed by atoms with Crippen molar-refractivity contribution in [3.63, 3.8) is 0 Å². The van der Waals surface area contributed by atoms with Crippen LogP contribution in [-0.2, 0) is 10.2 Å². The maximum atomic E-state index is 14.2. The number of alkyl halides is 3. The van der Waals surface area contributed by atoms with E-state index < -0.39 is 40.9 Å². The minimum atomic E-state index is -4.98. The summed E-state index contributed by atoms with van der Waals surface area (Å²) in [7, 11) is -3.16. The Morgan fingerprint density at radius 1 is 1.32 bits per heavy atom. The molecule has 1 aromatic heterocycles. The maximum Gasteiger partial charge on any atom is 0.415 e. The molecule has 1 fully saturated rings. The van der Waals surface area contributed by atoms with Gasteiger partial charge in [-0.2, -0.15) is 25.9 Å². The van der Waals surface area contributed by atoms with Gasteiger partial charge in [-0.25, -0.2) is 19.5 Å². The predicted molar refractivity (Wildman–Crippen MR) is 103 cm³/mol. The van der Waals surface area contributed by atoms with Gasteiger partial charge in [0, 0.05) is 30.6 Å². The number of piperidine rings is 1. The summed E-state index contributed by atoms with van der Waals surface area (Å²) in [6, 6.07) is 1.81. The van der Waals surface area contributed by atoms with Gasteiger partial charge < -0.3 is 14.7 Å². The molecule has 172 valence electrons. The van der Waals surface area contributed by atoms with Gasteiger partial charge in [-0.05, 0) is 18.9 Å². The van der Waals surface area contributed by atoms with E-state index in [1.54, 1.807) is 4.90 Å². The van der Waals surface area contributed by atoms with Gasteiger partial charge in [0.05, 0.1) is 19.2 Å². The zero-order chi connectivity index (χ0) is 23.0. The molecule has 0 amide bonds. The fraction of sp³-hybridized carbons (Fsp3) is 0.529. The third-order valence-electron chi connectivity index (χ3n) is 5.12. The number of aromatic nitrogens is 2. The number of rotatable bonds is 6. The van der Waals surface area contributed by atoms with Crippen LogP contribution in [0.3, 0.4) is 0 Å². The van der Waals surface area contributed by atoms with E-state index in [9.17, 15) is 31.1 Å². The first-order valence-electron chi connectivity index (χ1n) is 9.19. The van der Waals surface area contributed by atoms with Crippen molar-refractivity contribution in [1.82, 2.24) is 14.3 Å². The Bertz CT molecular complexity index is 1040. The molecule has 1 aliphatic heterocycles. The van der Waals surface area contributed by atoms with Gasteiger partial charge in [-0.3, -0.25) is 0 Å². The lowest BCUT2D eigenvalue weighted by atomic mass is 10.0. The molecule has 1 saturated heterocycles. The highest BCUT2D eigenvalue weighted by atomic mass is 32.2. The molecule has 0 radical (unpaired) electrons. The Labute approximate surface area is 175 Å². The van der Waals surface area contributed by atoms with Crippen molar-refractivity contribution in [2.45, 2.75) is 31.2 Å². The monoisotopic (exact) mass is 467 g/mol. The summed E-state index contributed by atoms with van der Waals surface area (Å²) in [5.74, 6) is -0.187. The van der Waals surface area contributed by atoms with E-state index in [2.05, 4.69) is 9.97 Å². The Balaban J connectivity index is 1.80. The molecule has 1 aliphatic rings. The first-order valence-corrected chi connectivity index (χ1v) is 10.7. The third-order valence-corrected chi connectivity index (χ3v) is 6.22. The molecule has 2 heterocycles. The normalized spacial score (nSPS) is 17.4. The van der Waals surface area contributed by atoms with E-state index in [0.29, 0.717) is 21.0 Å². The molecule has 3 N–H and O–H groups in total. The summed E-state index contributed by atoms with van der Waals surface area (Å²) in [6.45, 7) is -0.744. The zero-order valence-corrected chi connectivity index (χ0v) is 17.2. The molecule has 0 spiro atoms. The highest BCUT2D eigenvalue weighted by molar-refractivity contribution is 7.86. The average Bonchev–Trinajstić information content (AvgIpc) is 2.69. The summed E-state index contributed by atoms with van der Waals surface area (Å²) in [4.78, 5) is 10.0. The van der Waals surface area contributed by atoms with Crippen LogP contribution in [-0.4, -0.2) is 72.9 Å². The van der Waals surface area contributed by atoms with Crippen LogP contribution >= 0.6 is 0 Å². The van der Waals surface area contributed by atoms with E-state index in [4.69, 9.17) is 9.88 Å². The van der Waals surface area contributed by atoms with Crippen LogP contribution in [0, 0.1) is 5.82 Å². The highest BCUT2D eigenvalue weighted by Crippen LogP contribution is 2.31. The molecule has 0 saturated carbocycles. The van der Waals surface area contributed by atoms with E-state index in [1.165, 1.54) is 25.6 Å². The number of aliphatic hydroxyl groups is 1. The molecular formula is C17H21F4N5O4S. The summed E-state index contributed by atoms with van der Waals surface area (Å²) in [5, 5.41) is 14.8. The van der Waals surface area contributed by atoms with Crippen molar-refractivity contribution in [3.8, 4) is 5.75 Å². The van der Waals surface area contributed by atoms with E-state index in [1.807, 2.05) is 0 Å². The lowest BCUT2D eigenvalue weighted by Gasteiger charge is -2.38. The van der Waals surface area contributed by atoms with Crippen molar-refractivity contribution in [3.05, 3.63) is 24.3 Å². The number of hydrogen-bond acceptors (Lipinski definition) is 7. The Hall–Kier alpha value is -2.29. The second kappa shape index (κ2) is 8.68. The molecule has 1 aromatic carbocycles. The standard InChI is InChI=1S/C17H21F4N5O4S/c1-30-14-7-13-11(6-12(14)18)16(24-9-23-13)25-4-2-10(3-5-25)26(31(22,28)29)8-15(27)17(19,20)21/h6-7,9-10,15,27H,2-5,8H2,1H3,(H2,22,28,29). The number of hydrogen-bond donors (Lipinski definition) is 2. The average molecular weight is 467 g/mol. The highest BCUT2D eigenvalue weighted by Gasteiger charge is 2.43. The van der Waals surface area contributed by atoms with E-state index in [0.717, 1.165) is 0 Å². The number of methoxy groups -OCH3 is 1. The minimum absolute atomic E-state index is 0.0166.